The van der Waals surface area contributed by atoms with Crippen LogP contribution >= 0.6 is 0 Å². The number of hydrogen-bond acceptors (Lipinski definition) is 3. The summed E-state index contributed by atoms with van der Waals surface area (Å²) in [6.45, 7) is 9.24. The highest BCUT2D eigenvalue weighted by molar-refractivity contribution is 5.76. The number of piperazine rings is 1. The van der Waals surface area contributed by atoms with Gasteiger partial charge in [0.25, 0.3) is 0 Å². The van der Waals surface area contributed by atoms with Gasteiger partial charge in [0.1, 0.15) is 11.6 Å². The van der Waals surface area contributed by atoms with Gasteiger partial charge < -0.3 is 9.88 Å². The van der Waals surface area contributed by atoms with E-state index in [1.807, 2.05) is 6.07 Å². The van der Waals surface area contributed by atoms with Crippen LogP contribution in [0.15, 0.2) is 18.2 Å². The molecule has 2 aromatic rings. The summed E-state index contributed by atoms with van der Waals surface area (Å²) < 4.78 is 15.6. The summed E-state index contributed by atoms with van der Waals surface area (Å²) >= 11 is 0. The predicted octanol–water partition coefficient (Wildman–Crippen LogP) is 2.16. The fourth-order valence-corrected chi connectivity index (χ4v) is 2.88. The van der Waals surface area contributed by atoms with Gasteiger partial charge in [0.15, 0.2) is 0 Å². The minimum absolute atomic E-state index is 0.223. The Morgan fingerprint density at radius 3 is 2.75 bits per heavy atom. The zero-order valence-electron chi connectivity index (χ0n) is 12.1. The zero-order chi connectivity index (χ0) is 14.1. The molecule has 2 heterocycles. The molecule has 5 heteroatoms. The van der Waals surface area contributed by atoms with Crippen LogP contribution in [0.25, 0.3) is 11.0 Å². The molecular formula is C15H21FN4. The summed E-state index contributed by atoms with van der Waals surface area (Å²) in [5, 5.41) is 3.35. The van der Waals surface area contributed by atoms with Crippen LogP contribution < -0.4 is 5.32 Å². The number of hydrogen-bond donors (Lipinski definition) is 1. The first-order chi connectivity index (χ1) is 9.65. The van der Waals surface area contributed by atoms with Gasteiger partial charge in [0.2, 0.25) is 0 Å². The van der Waals surface area contributed by atoms with Crippen molar-refractivity contribution in [2.75, 3.05) is 26.2 Å². The van der Waals surface area contributed by atoms with Crippen molar-refractivity contribution in [1.29, 1.82) is 0 Å². The average molecular weight is 276 g/mol. The van der Waals surface area contributed by atoms with E-state index in [9.17, 15) is 4.39 Å². The maximum absolute atomic E-state index is 13.4. The van der Waals surface area contributed by atoms with Crippen LogP contribution in [0.1, 0.15) is 25.7 Å². The van der Waals surface area contributed by atoms with E-state index in [0.29, 0.717) is 6.04 Å². The lowest BCUT2D eigenvalue weighted by atomic mass is 10.3. The lowest BCUT2D eigenvalue weighted by Crippen LogP contribution is -2.43. The number of halogens is 1. The zero-order valence-corrected chi connectivity index (χ0v) is 12.1. The van der Waals surface area contributed by atoms with Crippen molar-refractivity contribution in [2.24, 2.45) is 0 Å². The Balaban J connectivity index is 1.97. The Morgan fingerprint density at radius 2 is 2.05 bits per heavy atom. The largest absolute Gasteiger partial charge is 0.324 e. The van der Waals surface area contributed by atoms with Crippen LogP contribution in [-0.2, 0) is 6.54 Å². The Kier molecular flexibility index (Phi) is 3.72. The second kappa shape index (κ2) is 5.50. The molecule has 20 heavy (non-hydrogen) atoms. The molecule has 1 saturated heterocycles. The summed E-state index contributed by atoms with van der Waals surface area (Å²) in [6, 6.07) is 5.19. The molecule has 0 radical (unpaired) electrons. The van der Waals surface area contributed by atoms with Gasteiger partial charge in [0.05, 0.1) is 17.6 Å². The second-order valence-electron chi connectivity index (χ2n) is 5.65. The molecule has 0 amide bonds. The van der Waals surface area contributed by atoms with Crippen LogP contribution in [-0.4, -0.2) is 40.6 Å². The summed E-state index contributed by atoms with van der Waals surface area (Å²) in [5.41, 5.74) is 1.77. The topological polar surface area (TPSA) is 33.1 Å². The highest BCUT2D eigenvalue weighted by Crippen LogP contribution is 2.23. The van der Waals surface area contributed by atoms with Crippen molar-refractivity contribution in [3.05, 3.63) is 29.8 Å². The molecule has 1 N–H and O–H groups in total. The fraction of sp³-hybridized carbons (Fsp3) is 0.533. The third-order valence-corrected chi connectivity index (χ3v) is 3.82. The fourth-order valence-electron chi connectivity index (χ4n) is 2.88. The Labute approximate surface area is 118 Å². The number of fused-ring (bicyclic) bond motifs is 1. The van der Waals surface area contributed by atoms with Gasteiger partial charge in [-0.1, -0.05) is 0 Å². The van der Waals surface area contributed by atoms with Gasteiger partial charge in [-0.2, -0.15) is 0 Å². The first-order valence-electron chi connectivity index (χ1n) is 7.24. The van der Waals surface area contributed by atoms with Crippen molar-refractivity contribution in [1.82, 2.24) is 19.8 Å². The molecule has 1 aliphatic heterocycles. The Hall–Kier alpha value is -1.46. The van der Waals surface area contributed by atoms with Gasteiger partial charge in [-0.25, -0.2) is 9.37 Å². The first-order valence-corrected chi connectivity index (χ1v) is 7.24. The maximum atomic E-state index is 13.4. The summed E-state index contributed by atoms with van der Waals surface area (Å²) in [5.74, 6) is 0.808. The van der Waals surface area contributed by atoms with Gasteiger partial charge in [0, 0.05) is 38.3 Å². The lowest BCUT2D eigenvalue weighted by molar-refractivity contribution is 0.224. The van der Waals surface area contributed by atoms with E-state index in [4.69, 9.17) is 0 Å². The van der Waals surface area contributed by atoms with Gasteiger partial charge in [-0.15, -0.1) is 0 Å². The van der Waals surface area contributed by atoms with E-state index in [1.165, 1.54) is 12.1 Å². The molecule has 1 aromatic carbocycles. The molecule has 4 nitrogen and oxygen atoms in total. The van der Waals surface area contributed by atoms with E-state index in [-0.39, 0.29) is 5.82 Å². The van der Waals surface area contributed by atoms with Gasteiger partial charge >= 0.3 is 0 Å². The summed E-state index contributed by atoms with van der Waals surface area (Å²) in [7, 11) is 0. The number of benzene rings is 1. The summed E-state index contributed by atoms with van der Waals surface area (Å²) in [4.78, 5) is 7.05. The number of imidazole rings is 1. The molecule has 0 bridgehead atoms. The number of nitrogens with one attached hydrogen (secondary N) is 1. The normalized spacial score (nSPS) is 17.2. The summed E-state index contributed by atoms with van der Waals surface area (Å²) in [6.07, 6.45) is 0. The van der Waals surface area contributed by atoms with E-state index < -0.39 is 0 Å². The Bertz CT molecular complexity index is 599. The van der Waals surface area contributed by atoms with Gasteiger partial charge in [-0.3, -0.25) is 4.90 Å². The lowest BCUT2D eigenvalue weighted by Gasteiger charge is -2.27. The third kappa shape index (κ3) is 2.55. The van der Waals surface area contributed by atoms with E-state index in [2.05, 4.69) is 33.6 Å². The minimum Gasteiger partial charge on any atom is -0.324 e. The molecule has 1 aliphatic rings. The molecule has 0 spiro atoms. The van der Waals surface area contributed by atoms with Crippen molar-refractivity contribution >= 4 is 11.0 Å². The molecule has 0 unspecified atom stereocenters. The molecule has 0 aliphatic carbocycles. The highest BCUT2D eigenvalue weighted by Gasteiger charge is 2.17. The SMILES string of the molecule is CC(C)n1c(CN2CCNCC2)nc2cc(F)ccc21. The molecule has 0 saturated carbocycles. The third-order valence-electron chi connectivity index (χ3n) is 3.82. The average Bonchev–Trinajstić information content (AvgIpc) is 2.76. The quantitative estimate of drug-likeness (QED) is 0.932. The van der Waals surface area contributed by atoms with E-state index in [1.54, 1.807) is 0 Å². The number of rotatable bonds is 3. The van der Waals surface area contributed by atoms with Crippen molar-refractivity contribution < 1.29 is 4.39 Å². The highest BCUT2D eigenvalue weighted by atomic mass is 19.1. The molecular weight excluding hydrogens is 255 g/mol. The van der Waals surface area contributed by atoms with Crippen LogP contribution in [0.4, 0.5) is 4.39 Å². The number of nitrogens with zero attached hydrogens (tertiary/aromatic N) is 3. The Morgan fingerprint density at radius 1 is 1.30 bits per heavy atom. The molecule has 108 valence electrons. The van der Waals surface area contributed by atoms with E-state index in [0.717, 1.165) is 49.6 Å². The smallest absolute Gasteiger partial charge is 0.125 e. The number of aromatic nitrogens is 2. The minimum atomic E-state index is -0.223. The molecule has 0 atom stereocenters. The maximum Gasteiger partial charge on any atom is 0.125 e. The molecule has 3 rings (SSSR count). The van der Waals surface area contributed by atoms with Gasteiger partial charge in [-0.05, 0) is 26.0 Å². The van der Waals surface area contributed by atoms with Crippen LogP contribution in [0, 0.1) is 5.82 Å². The predicted molar refractivity (Wildman–Crippen MR) is 78.2 cm³/mol. The monoisotopic (exact) mass is 276 g/mol. The van der Waals surface area contributed by atoms with Crippen LogP contribution in [0.2, 0.25) is 0 Å². The first kappa shape index (κ1) is 13.5. The second-order valence-corrected chi connectivity index (χ2v) is 5.65. The van der Waals surface area contributed by atoms with Crippen molar-refractivity contribution in [3.63, 3.8) is 0 Å². The van der Waals surface area contributed by atoms with E-state index >= 15 is 0 Å². The van der Waals surface area contributed by atoms with Crippen molar-refractivity contribution in [3.8, 4) is 0 Å². The van der Waals surface area contributed by atoms with Crippen LogP contribution in [0.5, 0.6) is 0 Å². The standard InChI is InChI=1S/C15H21FN4/c1-11(2)20-14-4-3-12(16)9-13(14)18-15(20)10-19-7-5-17-6-8-19/h3-4,9,11,17H,5-8,10H2,1-2H3. The molecule has 1 fully saturated rings. The van der Waals surface area contributed by atoms with Crippen LogP contribution in [0.3, 0.4) is 0 Å². The van der Waals surface area contributed by atoms with Crippen molar-refractivity contribution in [2.45, 2.75) is 26.4 Å². The molecule has 1 aromatic heterocycles.